The molecular formula is C15H17N3O4S. The maximum absolute atomic E-state index is 12.5. The molecule has 3 rings (SSSR count). The average Bonchev–Trinajstić information content (AvgIpc) is 3.05. The molecule has 1 saturated heterocycles. The van der Waals surface area contributed by atoms with Gasteiger partial charge in [0.15, 0.2) is 0 Å². The van der Waals surface area contributed by atoms with Gasteiger partial charge in [-0.25, -0.2) is 8.42 Å². The van der Waals surface area contributed by atoms with Crippen molar-refractivity contribution >= 4 is 16.2 Å². The van der Waals surface area contributed by atoms with Gasteiger partial charge < -0.3 is 15.0 Å². The van der Waals surface area contributed by atoms with Gasteiger partial charge in [-0.05, 0) is 36.4 Å². The van der Waals surface area contributed by atoms with E-state index in [1.807, 2.05) is 0 Å². The van der Waals surface area contributed by atoms with Crippen LogP contribution in [0.2, 0.25) is 0 Å². The molecule has 1 aliphatic rings. The molecule has 0 radical (unpaired) electrons. The van der Waals surface area contributed by atoms with Crippen molar-refractivity contribution in [2.45, 2.75) is 4.90 Å². The van der Waals surface area contributed by atoms with Crippen LogP contribution in [0.25, 0.3) is 11.3 Å². The predicted molar refractivity (Wildman–Crippen MR) is 85.5 cm³/mol. The number of rotatable bonds is 4. The average molecular weight is 335 g/mol. The van der Waals surface area contributed by atoms with Gasteiger partial charge in [0, 0.05) is 18.7 Å². The fraction of sp³-hybridized carbons (Fsp3) is 0.267. The summed E-state index contributed by atoms with van der Waals surface area (Å²) in [6, 6.07) is 10.1. The lowest BCUT2D eigenvalue weighted by Crippen LogP contribution is -2.40. The Bertz CT molecular complexity index is 790. The van der Waals surface area contributed by atoms with Crippen molar-refractivity contribution in [1.29, 1.82) is 0 Å². The monoisotopic (exact) mass is 335 g/mol. The molecule has 0 aliphatic carbocycles. The van der Waals surface area contributed by atoms with E-state index < -0.39 is 10.0 Å². The SMILES string of the molecule is N/N=C\c1ccc(-c2ccc(S(=O)(=O)N3CCOCC3)cc2)o1. The second-order valence-electron chi connectivity index (χ2n) is 5.02. The number of ether oxygens (including phenoxy) is 1. The molecule has 2 N–H and O–H groups in total. The van der Waals surface area contributed by atoms with Crippen molar-refractivity contribution in [1.82, 2.24) is 4.31 Å². The van der Waals surface area contributed by atoms with Gasteiger partial charge in [0.1, 0.15) is 11.5 Å². The Labute approximate surface area is 134 Å². The highest BCUT2D eigenvalue weighted by Crippen LogP contribution is 2.24. The highest BCUT2D eigenvalue weighted by atomic mass is 32.2. The van der Waals surface area contributed by atoms with Crippen molar-refractivity contribution in [3.63, 3.8) is 0 Å². The summed E-state index contributed by atoms with van der Waals surface area (Å²) >= 11 is 0. The van der Waals surface area contributed by atoms with Gasteiger partial charge in [0.2, 0.25) is 10.0 Å². The molecule has 23 heavy (non-hydrogen) atoms. The van der Waals surface area contributed by atoms with Crippen molar-refractivity contribution in [3.05, 3.63) is 42.2 Å². The van der Waals surface area contributed by atoms with E-state index in [1.165, 1.54) is 10.5 Å². The third-order valence-electron chi connectivity index (χ3n) is 3.58. The zero-order valence-corrected chi connectivity index (χ0v) is 13.2. The van der Waals surface area contributed by atoms with E-state index in [-0.39, 0.29) is 4.90 Å². The summed E-state index contributed by atoms with van der Waals surface area (Å²) in [6.45, 7) is 1.61. The van der Waals surface area contributed by atoms with Crippen LogP contribution in [-0.4, -0.2) is 45.2 Å². The van der Waals surface area contributed by atoms with Crippen LogP contribution in [0, 0.1) is 0 Å². The molecule has 1 aliphatic heterocycles. The molecule has 0 bridgehead atoms. The smallest absolute Gasteiger partial charge is 0.243 e. The molecule has 1 aromatic carbocycles. The van der Waals surface area contributed by atoms with E-state index in [1.54, 1.807) is 36.4 Å². The number of morpholine rings is 1. The topological polar surface area (TPSA) is 98.1 Å². The number of hydrogen-bond acceptors (Lipinski definition) is 6. The number of hydrogen-bond donors (Lipinski definition) is 1. The van der Waals surface area contributed by atoms with Gasteiger partial charge in [-0.15, -0.1) is 0 Å². The second-order valence-corrected chi connectivity index (χ2v) is 6.96. The van der Waals surface area contributed by atoms with Crippen LogP contribution < -0.4 is 5.84 Å². The van der Waals surface area contributed by atoms with Crippen molar-refractivity contribution < 1.29 is 17.6 Å². The van der Waals surface area contributed by atoms with Crippen LogP contribution in [0.3, 0.4) is 0 Å². The Kier molecular flexibility index (Phi) is 4.46. The first-order valence-electron chi connectivity index (χ1n) is 7.13. The number of benzene rings is 1. The highest BCUT2D eigenvalue weighted by Gasteiger charge is 2.26. The van der Waals surface area contributed by atoms with Gasteiger partial charge in [0.25, 0.3) is 0 Å². The number of sulfonamides is 1. The summed E-state index contributed by atoms with van der Waals surface area (Å²) < 4.78 is 37.3. The number of furan rings is 1. The molecule has 8 heteroatoms. The van der Waals surface area contributed by atoms with Crippen LogP contribution in [0.15, 0.2) is 50.8 Å². The maximum atomic E-state index is 12.5. The molecular weight excluding hydrogens is 318 g/mol. The van der Waals surface area contributed by atoms with Crippen LogP contribution in [0.5, 0.6) is 0 Å². The lowest BCUT2D eigenvalue weighted by Gasteiger charge is -2.26. The molecule has 0 unspecified atom stereocenters. The minimum atomic E-state index is -3.48. The summed E-state index contributed by atoms with van der Waals surface area (Å²) in [5.41, 5.74) is 0.780. The summed E-state index contributed by atoms with van der Waals surface area (Å²) in [6.07, 6.45) is 1.40. The van der Waals surface area contributed by atoms with Crippen LogP contribution in [0.4, 0.5) is 0 Å². The minimum absolute atomic E-state index is 0.262. The quantitative estimate of drug-likeness (QED) is 0.515. The normalized spacial score (nSPS) is 16.9. The van der Waals surface area contributed by atoms with Gasteiger partial charge in [-0.3, -0.25) is 0 Å². The Hall–Kier alpha value is -2.16. The number of hydrazone groups is 1. The first-order valence-corrected chi connectivity index (χ1v) is 8.57. The zero-order valence-electron chi connectivity index (χ0n) is 12.4. The van der Waals surface area contributed by atoms with E-state index >= 15 is 0 Å². The van der Waals surface area contributed by atoms with E-state index in [0.29, 0.717) is 37.8 Å². The lowest BCUT2D eigenvalue weighted by molar-refractivity contribution is 0.0730. The minimum Gasteiger partial charge on any atom is -0.455 e. The van der Waals surface area contributed by atoms with Crippen molar-refractivity contribution in [2.75, 3.05) is 26.3 Å². The third-order valence-corrected chi connectivity index (χ3v) is 5.49. The molecule has 1 aromatic heterocycles. The molecule has 122 valence electrons. The third kappa shape index (κ3) is 3.29. The second kappa shape index (κ2) is 6.53. The van der Waals surface area contributed by atoms with E-state index in [9.17, 15) is 8.42 Å². The molecule has 0 spiro atoms. The maximum Gasteiger partial charge on any atom is 0.243 e. The summed E-state index contributed by atoms with van der Waals surface area (Å²) in [5, 5.41) is 3.40. The fourth-order valence-corrected chi connectivity index (χ4v) is 3.79. The zero-order chi connectivity index (χ0) is 16.3. The molecule has 2 aromatic rings. The largest absolute Gasteiger partial charge is 0.455 e. The molecule has 2 heterocycles. The highest BCUT2D eigenvalue weighted by molar-refractivity contribution is 7.89. The first kappa shape index (κ1) is 15.7. The van der Waals surface area contributed by atoms with Gasteiger partial charge in [0.05, 0.1) is 24.3 Å². The molecule has 0 amide bonds. The van der Waals surface area contributed by atoms with Crippen LogP contribution >= 0.6 is 0 Å². The standard InChI is InChI=1S/C15H17N3O4S/c16-17-11-13-3-6-15(22-13)12-1-4-14(5-2-12)23(19,20)18-7-9-21-10-8-18/h1-6,11H,7-10,16H2/b17-11-. The Morgan fingerprint density at radius 1 is 1.09 bits per heavy atom. The lowest BCUT2D eigenvalue weighted by atomic mass is 10.2. The summed E-state index contributed by atoms with van der Waals surface area (Å²) in [7, 11) is -3.48. The van der Waals surface area contributed by atoms with Gasteiger partial charge in [-0.2, -0.15) is 9.41 Å². The number of nitrogens with zero attached hydrogens (tertiary/aromatic N) is 2. The molecule has 0 atom stereocenters. The van der Waals surface area contributed by atoms with Gasteiger partial charge >= 0.3 is 0 Å². The number of nitrogens with two attached hydrogens (primary N) is 1. The Morgan fingerprint density at radius 3 is 2.43 bits per heavy atom. The summed E-state index contributed by atoms with van der Waals surface area (Å²) in [5.74, 6) is 6.23. The van der Waals surface area contributed by atoms with Crippen LogP contribution in [0.1, 0.15) is 5.76 Å². The van der Waals surface area contributed by atoms with Crippen molar-refractivity contribution in [2.24, 2.45) is 10.9 Å². The van der Waals surface area contributed by atoms with E-state index in [4.69, 9.17) is 15.0 Å². The first-order chi connectivity index (χ1) is 11.1. The summed E-state index contributed by atoms with van der Waals surface area (Å²) in [4.78, 5) is 0.262. The molecule has 0 saturated carbocycles. The molecule has 7 nitrogen and oxygen atoms in total. The molecule has 1 fully saturated rings. The van der Waals surface area contributed by atoms with E-state index in [0.717, 1.165) is 5.56 Å². The predicted octanol–water partition coefficient (Wildman–Crippen LogP) is 1.26. The van der Waals surface area contributed by atoms with Crippen LogP contribution in [-0.2, 0) is 14.8 Å². The van der Waals surface area contributed by atoms with Crippen molar-refractivity contribution in [3.8, 4) is 11.3 Å². The van der Waals surface area contributed by atoms with Gasteiger partial charge in [-0.1, -0.05) is 0 Å². The Morgan fingerprint density at radius 2 is 1.78 bits per heavy atom. The Balaban J connectivity index is 1.83. The van der Waals surface area contributed by atoms with E-state index in [2.05, 4.69) is 5.10 Å². The fourth-order valence-electron chi connectivity index (χ4n) is 2.38.